The molecule has 0 fully saturated rings. The van der Waals surface area contributed by atoms with Crippen LogP contribution in [0.2, 0.25) is 5.02 Å². The van der Waals surface area contributed by atoms with Crippen molar-refractivity contribution in [3.8, 4) is 0 Å². The van der Waals surface area contributed by atoms with Crippen molar-refractivity contribution >= 4 is 17.5 Å². The SMILES string of the molecule is CC(C)C(O)C(C)(C)CNC(=O)CC(O)c1ccc(Cl)cc1. The van der Waals surface area contributed by atoms with E-state index >= 15 is 0 Å². The minimum absolute atomic E-state index is 0.0184. The van der Waals surface area contributed by atoms with E-state index in [0.29, 0.717) is 17.1 Å². The third-order valence-electron chi connectivity index (χ3n) is 3.81. The molecular formula is C17H26ClNO3. The first-order valence-electron chi connectivity index (χ1n) is 7.52. The summed E-state index contributed by atoms with van der Waals surface area (Å²) in [5.41, 5.74) is 0.232. The van der Waals surface area contributed by atoms with E-state index < -0.39 is 17.6 Å². The number of aliphatic hydroxyl groups excluding tert-OH is 2. The van der Waals surface area contributed by atoms with Gasteiger partial charge in [0.1, 0.15) is 0 Å². The zero-order valence-corrected chi connectivity index (χ0v) is 14.4. The van der Waals surface area contributed by atoms with E-state index in [2.05, 4.69) is 5.32 Å². The van der Waals surface area contributed by atoms with Crippen LogP contribution in [0, 0.1) is 11.3 Å². The number of carbonyl (C=O) groups is 1. The predicted molar refractivity (Wildman–Crippen MR) is 88.7 cm³/mol. The lowest BCUT2D eigenvalue weighted by atomic mass is 9.80. The number of nitrogens with one attached hydrogen (secondary N) is 1. The lowest BCUT2D eigenvalue weighted by Gasteiger charge is -2.33. The number of rotatable bonds is 7. The lowest BCUT2D eigenvalue weighted by Crippen LogP contribution is -2.43. The van der Waals surface area contributed by atoms with E-state index in [0.717, 1.165) is 0 Å². The van der Waals surface area contributed by atoms with Gasteiger partial charge in [0.15, 0.2) is 0 Å². The second kappa shape index (κ2) is 7.95. The highest BCUT2D eigenvalue weighted by atomic mass is 35.5. The van der Waals surface area contributed by atoms with Gasteiger partial charge in [0.05, 0.1) is 18.6 Å². The van der Waals surface area contributed by atoms with Crippen LogP contribution in [0.25, 0.3) is 0 Å². The van der Waals surface area contributed by atoms with Gasteiger partial charge in [-0.05, 0) is 23.6 Å². The van der Waals surface area contributed by atoms with Gasteiger partial charge in [-0.1, -0.05) is 51.4 Å². The van der Waals surface area contributed by atoms with Gasteiger partial charge in [0.2, 0.25) is 5.91 Å². The summed E-state index contributed by atoms with van der Waals surface area (Å²) in [4.78, 5) is 12.0. The summed E-state index contributed by atoms with van der Waals surface area (Å²) in [6.45, 7) is 8.07. The summed E-state index contributed by atoms with van der Waals surface area (Å²) < 4.78 is 0. The van der Waals surface area contributed by atoms with Gasteiger partial charge < -0.3 is 15.5 Å². The molecule has 124 valence electrons. The van der Waals surface area contributed by atoms with Crippen LogP contribution in [0.3, 0.4) is 0 Å². The highest BCUT2D eigenvalue weighted by Gasteiger charge is 2.30. The normalized spacial score (nSPS) is 14.7. The predicted octanol–water partition coefficient (Wildman–Crippen LogP) is 2.92. The fourth-order valence-electron chi connectivity index (χ4n) is 2.38. The van der Waals surface area contributed by atoms with E-state index in [1.807, 2.05) is 27.7 Å². The van der Waals surface area contributed by atoms with E-state index in [1.54, 1.807) is 24.3 Å². The Morgan fingerprint density at radius 3 is 2.27 bits per heavy atom. The molecule has 0 radical (unpaired) electrons. The van der Waals surface area contributed by atoms with Crippen LogP contribution >= 0.6 is 11.6 Å². The largest absolute Gasteiger partial charge is 0.392 e. The van der Waals surface area contributed by atoms with Crippen molar-refractivity contribution in [2.24, 2.45) is 11.3 Å². The van der Waals surface area contributed by atoms with Gasteiger partial charge in [0.25, 0.3) is 0 Å². The highest BCUT2D eigenvalue weighted by Crippen LogP contribution is 2.25. The fraction of sp³-hybridized carbons (Fsp3) is 0.588. The molecule has 0 saturated heterocycles. The van der Waals surface area contributed by atoms with Crippen LogP contribution < -0.4 is 5.32 Å². The number of aliphatic hydroxyl groups is 2. The Hall–Kier alpha value is -1.10. The Morgan fingerprint density at radius 2 is 1.77 bits per heavy atom. The average Bonchev–Trinajstić information content (AvgIpc) is 2.45. The molecule has 0 heterocycles. The number of carbonyl (C=O) groups excluding carboxylic acids is 1. The Balaban J connectivity index is 2.51. The molecule has 2 atom stereocenters. The molecule has 0 aliphatic carbocycles. The van der Waals surface area contributed by atoms with Crippen LogP contribution in [-0.2, 0) is 4.79 Å². The Labute approximate surface area is 137 Å². The van der Waals surface area contributed by atoms with Gasteiger partial charge in [-0.3, -0.25) is 4.79 Å². The monoisotopic (exact) mass is 327 g/mol. The van der Waals surface area contributed by atoms with Crippen LogP contribution in [-0.4, -0.2) is 28.8 Å². The van der Waals surface area contributed by atoms with Gasteiger partial charge in [-0.25, -0.2) is 0 Å². The minimum Gasteiger partial charge on any atom is -0.392 e. The molecule has 0 bridgehead atoms. The maximum Gasteiger partial charge on any atom is 0.222 e. The second-order valence-electron chi connectivity index (χ2n) is 6.73. The van der Waals surface area contributed by atoms with Crippen LogP contribution in [0.4, 0.5) is 0 Å². The molecule has 1 aromatic rings. The number of hydrogen-bond acceptors (Lipinski definition) is 3. The summed E-state index contributed by atoms with van der Waals surface area (Å²) >= 11 is 5.79. The van der Waals surface area contributed by atoms with Crippen LogP contribution in [0.1, 0.15) is 45.8 Å². The molecule has 1 amide bonds. The summed E-state index contributed by atoms with van der Waals surface area (Å²) in [7, 11) is 0. The van der Waals surface area contributed by atoms with Gasteiger partial charge in [-0.2, -0.15) is 0 Å². The summed E-state index contributed by atoms with van der Waals surface area (Å²) in [5, 5.41) is 23.6. The van der Waals surface area contributed by atoms with Crippen LogP contribution in [0.15, 0.2) is 24.3 Å². The minimum atomic E-state index is -0.865. The van der Waals surface area contributed by atoms with Crippen molar-refractivity contribution in [2.45, 2.75) is 46.3 Å². The summed E-state index contributed by atoms with van der Waals surface area (Å²) in [6, 6.07) is 6.76. The van der Waals surface area contributed by atoms with E-state index in [4.69, 9.17) is 11.6 Å². The number of halogens is 1. The topological polar surface area (TPSA) is 69.6 Å². The highest BCUT2D eigenvalue weighted by molar-refractivity contribution is 6.30. The molecular weight excluding hydrogens is 302 g/mol. The van der Waals surface area contributed by atoms with E-state index in [-0.39, 0.29) is 18.2 Å². The summed E-state index contributed by atoms with van der Waals surface area (Å²) in [5.74, 6) is -0.127. The van der Waals surface area contributed by atoms with E-state index in [9.17, 15) is 15.0 Å². The van der Waals surface area contributed by atoms with Crippen molar-refractivity contribution in [3.63, 3.8) is 0 Å². The van der Waals surface area contributed by atoms with E-state index in [1.165, 1.54) is 0 Å². The van der Waals surface area contributed by atoms with Gasteiger partial charge in [-0.15, -0.1) is 0 Å². The maximum atomic E-state index is 12.0. The van der Waals surface area contributed by atoms with Crippen molar-refractivity contribution in [1.29, 1.82) is 0 Å². The standard InChI is InChI=1S/C17H26ClNO3/c1-11(2)16(22)17(3,4)10-19-15(21)9-14(20)12-5-7-13(18)8-6-12/h5-8,11,14,16,20,22H,9-10H2,1-4H3,(H,19,21). The first-order valence-corrected chi connectivity index (χ1v) is 7.89. The molecule has 0 saturated carbocycles. The average molecular weight is 328 g/mol. The number of amides is 1. The Kier molecular flexibility index (Phi) is 6.85. The molecule has 5 heteroatoms. The Bertz CT molecular complexity index is 485. The Morgan fingerprint density at radius 1 is 1.23 bits per heavy atom. The third kappa shape index (κ3) is 5.59. The molecule has 0 spiro atoms. The maximum absolute atomic E-state index is 12.0. The molecule has 1 aromatic carbocycles. The van der Waals surface area contributed by atoms with Crippen molar-refractivity contribution in [2.75, 3.05) is 6.54 Å². The van der Waals surface area contributed by atoms with Crippen molar-refractivity contribution in [3.05, 3.63) is 34.9 Å². The molecule has 4 nitrogen and oxygen atoms in total. The zero-order valence-electron chi connectivity index (χ0n) is 13.6. The van der Waals surface area contributed by atoms with Crippen molar-refractivity contribution in [1.82, 2.24) is 5.32 Å². The van der Waals surface area contributed by atoms with Gasteiger partial charge >= 0.3 is 0 Å². The molecule has 2 unspecified atom stereocenters. The van der Waals surface area contributed by atoms with Gasteiger partial charge in [0, 0.05) is 17.0 Å². The summed E-state index contributed by atoms with van der Waals surface area (Å²) in [6.07, 6.45) is -1.39. The zero-order chi connectivity index (χ0) is 16.9. The molecule has 0 aliphatic heterocycles. The quantitative estimate of drug-likeness (QED) is 0.721. The molecule has 0 aromatic heterocycles. The fourth-order valence-corrected chi connectivity index (χ4v) is 2.51. The lowest BCUT2D eigenvalue weighted by molar-refractivity contribution is -0.124. The smallest absolute Gasteiger partial charge is 0.222 e. The molecule has 22 heavy (non-hydrogen) atoms. The number of benzene rings is 1. The first kappa shape index (κ1) is 18.9. The third-order valence-corrected chi connectivity index (χ3v) is 4.06. The second-order valence-corrected chi connectivity index (χ2v) is 7.16. The first-order chi connectivity index (χ1) is 10.1. The molecule has 1 rings (SSSR count). The molecule has 3 N–H and O–H groups in total. The van der Waals surface area contributed by atoms with Crippen molar-refractivity contribution < 1.29 is 15.0 Å². The molecule has 0 aliphatic rings. The number of hydrogen-bond donors (Lipinski definition) is 3. The van der Waals surface area contributed by atoms with Crippen LogP contribution in [0.5, 0.6) is 0 Å².